The average Bonchev–Trinajstić information content (AvgIpc) is 2.82. The van der Waals surface area contributed by atoms with Gasteiger partial charge in [-0.1, -0.05) is 5.92 Å². The van der Waals surface area contributed by atoms with Gasteiger partial charge >= 0.3 is 0 Å². The quantitative estimate of drug-likeness (QED) is 0.634. The maximum absolute atomic E-state index is 11.2. The Morgan fingerprint density at radius 3 is 2.83 bits per heavy atom. The van der Waals surface area contributed by atoms with E-state index >= 15 is 0 Å². The van der Waals surface area contributed by atoms with Gasteiger partial charge in [0, 0.05) is 12.5 Å². The van der Waals surface area contributed by atoms with Gasteiger partial charge in [-0.3, -0.25) is 4.79 Å². The Kier molecular flexibility index (Phi) is 3.31. The summed E-state index contributed by atoms with van der Waals surface area (Å²) in [4.78, 5) is 11.2. The molecule has 1 aliphatic carbocycles. The van der Waals surface area contributed by atoms with Crippen LogP contribution in [0.15, 0.2) is 0 Å². The zero-order chi connectivity index (χ0) is 8.97. The van der Waals surface area contributed by atoms with Crippen molar-refractivity contribution in [2.24, 2.45) is 11.7 Å². The third-order valence-corrected chi connectivity index (χ3v) is 2.15. The molecular weight excluding hydrogens is 150 g/mol. The smallest absolute Gasteiger partial charge is 0.146 e. The lowest BCUT2D eigenvalue weighted by molar-refractivity contribution is -0.118. The molecule has 0 saturated heterocycles. The predicted molar refractivity (Wildman–Crippen MR) is 48.4 cm³/mol. The maximum atomic E-state index is 11.2. The zero-order valence-corrected chi connectivity index (χ0v) is 7.47. The van der Waals surface area contributed by atoms with Crippen LogP contribution in [0.1, 0.15) is 32.6 Å². The highest BCUT2D eigenvalue weighted by molar-refractivity contribution is 5.81. The van der Waals surface area contributed by atoms with Crippen molar-refractivity contribution in [3.8, 4) is 11.8 Å². The molecule has 0 amide bonds. The minimum Gasteiger partial charge on any atom is -0.327 e. The number of nitrogens with two attached hydrogens (primary N) is 1. The van der Waals surface area contributed by atoms with Crippen LogP contribution in [0.5, 0.6) is 0 Å². The van der Waals surface area contributed by atoms with E-state index in [0.717, 1.165) is 0 Å². The molecule has 0 aromatic rings. The highest BCUT2D eigenvalue weighted by atomic mass is 16.1. The lowest BCUT2D eigenvalue weighted by Gasteiger charge is -2.06. The molecule has 0 heterocycles. The largest absolute Gasteiger partial charge is 0.327 e. The number of rotatable bonds is 4. The van der Waals surface area contributed by atoms with Gasteiger partial charge in [0.05, 0.1) is 6.42 Å². The normalized spacial score (nSPS) is 17.8. The highest BCUT2D eigenvalue weighted by Gasteiger charge is 2.29. The predicted octanol–water partition coefficient (Wildman–Crippen LogP) is 1.10. The van der Waals surface area contributed by atoms with Crippen molar-refractivity contribution < 1.29 is 4.79 Å². The van der Waals surface area contributed by atoms with Crippen LogP contribution in [-0.4, -0.2) is 11.8 Å². The van der Waals surface area contributed by atoms with E-state index in [9.17, 15) is 4.79 Å². The standard InChI is InChI=1S/C10H15NO/c1-2-3-4-9(12)7-10(11)8-5-6-8/h8,10H,4-7,11H2,1H3. The summed E-state index contributed by atoms with van der Waals surface area (Å²) in [7, 11) is 0. The number of ketones is 1. The van der Waals surface area contributed by atoms with E-state index in [1.165, 1.54) is 12.8 Å². The van der Waals surface area contributed by atoms with Crippen molar-refractivity contribution in [2.75, 3.05) is 0 Å². The summed E-state index contributed by atoms with van der Waals surface area (Å²) in [5.41, 5.74) is 5.78. The molecule has 0 aromatic carbocycles. The Balaban J connectivity index is 2.18. The van der Waals surface area contributed by atoms with E-state index in [-0.39, 0.29) is 11.8 Å². The molecule has 0 bridgehead atoms. The van der Waals surface area contributed by atoms with Crippen molar-refractivity contribution in [2.45, 2.75) is 38.6 Å². The molecule has 0 spiro atoms. The third kappa shape index (κ3) is 3.06. The van der Waals surface area contributed by atoms with Crippen molar-refractivity contribution >= 4 is 5.78 Å². The fourth-order valence-corrected chi connectivity index (χ4v) is 1.21. The van der Waals surface area contributed by atoms with Crippen LogP contribution in [0.4, 0.5) is 0 Å². The molecule has 2 nitrogen and oxygen atoms in total. The number of hydrogen-bond donors (Lipinski definition) is 1. The van der Waals surface area contributed by atoms with Crippen molar-refractivity contribution in [3.05, 3.63) is 0 Å². The SMILES string of the molecule is CC#CCC(=O)CC(N)C1CC1. The number of carbonyl (C=O) groups is 1. The van der Waals surface area contributed by atoms with Gasteiger partial charge < -0.3 is 5.73 Å². The Bertz CT molecular complexity index is 220. The first-order chi connectivity index (χ1) is 5.74. The van der Waals surface area contributed by atoms with E-state index in [1.54, 1.807) is 6.92 Å². The number of carbonyl (C=O) groups excluding carboxylic acids is 1. The van der Waals surface area contributed by atoms with Gasteiger partial charge in [0.15, 0.2) is 0 Å². The summed E-state index contributed by atoms with van der Waals surface area (Å²) >= 11 is 0. The minimum absolute atomic E-state index is 0.0937. The molecule has 1 saturated carbocycles. The van der Waals surface area contributed by atoms with Crippen LogP contribution < -0.4 is 5.73 Å². The van der Waals surface area contributed by atoms with E-state index in [4.69, 9.17) is 5.73 Å². The molecule has 12 heavy (non-hydrogen) atoms. The number of Topliss-reactive ketones (excluding diaryl/α,β-unsaturated/α-hetero) is 1. The summed E-state index contributed by atoms with van der Waals surface area (Å²) in [5.74, 6) is 6.26. The number of hydrogen-bond acceptors (Lipinski definition) is 2. The molecule has 2 N–H and O–H groups in total. The van der Waals surface area contributed by atoms with E-state index in [2.05, 4.69) is 11.8 Å². The van der Waals surface area contributed by atoms with Crippen LogP contribution in [0.2, 0.25) is 0 Å². The second-order valence-corrected chi connectivity index (χ2v) is 3.35. The van der Waals surface area contributed by atoms with E-state index < -0.39 is 0 Å². The fraction of sp³-hybridized carbons (Fsp3) is 0.700. The third-order valence-electron chi connectivity index (χ3n) is 2.15. The first-order valence-corrected chi connectivity index (χ1v) is 4.41. The van der Waals surface area contributed by atoms with Gasteiger partial charge in [-0.25, -0.2) is 0 Å². The molecule has 0 aromatic heterocycles. The Morgan fingerprint density at radius 1 is 1.67 bits per heavy atom. The van der Waals surface area contributed by atoms with Crippen LogP contribution in [0.25, 0.3) is 0 Å². The Hall–Kier alpha value is -0.810. The monoisotopic (exact) mass is 165 g/mol. The lowest BCUT2D eigenvalue weighted by atomic mass is 10.1. The van der Waals surface area contributed by atoms with Crippen LogP contribution >= 0.6 is 0 Å². The minimum atomic E-state index is 0.0937. The second kappa shape index (κ2) is 4.27. The molecule has 1 rings (SSSR count). The molecule has 1 fully saturated rings. The van der Waals surface area contributed by atoms with Gasteiger partial charge in [0.2, 0.25) is 0 Å². The Labute approximate surface area is 73.5 Å². The van der Waals surface area contributed by atoms with Crippen molar-refractivity contribution in [3.63, 3.8) is 0 Å². The Morgan fingerprint density at radius 2 is 2.33 bits per heavy atom. The van der Waals surface area contributed by atoms with Crippen LogP contribution in [-0.2, 0) is 4.79 Å². The van der Waals surface area contributed by atoms with Gasteiger partial charge in [0.1, 0.15) is 5.78 Å². The van der Waals surface area contributed by atoms with Crippen LogP contribution in [0, 0.1) is 17.8 Å². The lowest BCUT2D eigenvalue weighted by Crippen LogP contribution is -2.25. The van der Waals surface area contributed by atoms with Gasteiger partial charge in [-0.05, 0) is 25.7 Å². The fourth-order valence-electron chi connectivity index (χ4n) is 1.21. The van der Waals surface area contributed by atoms with E-state index in [0.29, 0.717) is 18.8 Å². The molecule has 0 radical (unpaired) electrons. The summed E-state index contributed by atoms with van der Waals surface area (Å²) in [6.07, 6.45) is 3.29. The zero-order valence-electron chi connectivity index (χ0n) is 7.47. The summed E-state index contributed by atoms with van der Waals surface area (Å²) in [5, 5.41) is 0. The maximum Gasteiger partial charge on any atom is 0.146 e. The first kappa shape index (κ1) is 9.28. The topological polar surface area (TPSA) is 43.1 Å². The van der Waals surface area contributed by atoms with Crippen molar-refractivity contribution in [1.29, 1.82) is 0 Å². The summed E-state index contributed by atoms with van der Waals surface area (Å²) in [6.45, 7) is 1.74. The molecule has 66 valence electrons. The summed E-state index contributed by atoms with van der Waals surface area (Å²) < 4.78 is 0. The molecule has 1 unspecified atom stereocenters. The van der Waals surface area contributed by atoms with Crippen LogP contribution in [0.3, 0.4) is 0 Å². The molecular formula is C10H15NO. The van der Waals surface area contributed by atoms with Gasteiger partial charge in [-0.15, -0.1) is 5.92 Å². The molecule has 1 aliphatic rings. The summed E-state index contributed by atoms with van der Waals surface area (Å²) in [6, 6.07) is 0.0937. The van der Waals surface area contributed by atoms with Gasteiger partial charge in [0.25, 0.3) is 0 Å². The molecule has 1 atom stereocenters. The molecule has 2 heteroatoms. The van der Waals surface area contributed by atoms with Gasteiger partial charge in [-0.2, -0.15) is 0 Å². The second-order valence-electron chi connectivity index (χ2n) is 3.35. The average molecular weight is 165 g/mol. The van der Waals surface area contributed by atoms with Crippen molar-refractivity contribution in [1.82, 2.24) is 0 Å². The van der Waals surface area contributed by atoms with E-state index in [1.807, 2.05) is 0 Å². The highest BCUT2D eigenvalue weighted by Crippen LogP contribution is 2.32. The molecule has 0 aliphatic heterocycles. The first-order valence-electron chi connectivity index (χ1n) is 4.41.